The van der Waals surface area contributed by atoms with Gasteiger partial charge in [0.1, 0.15) is 0 Å². The molecule has 0 fully saturated rings. The lowest BCUT2D eigenvalue weighted by molar-refractivity contribution is 0.219. The van der Waals surface area contributed by atoms with Crippen LogP contribution in [0.3, 0.4) is 0 Å². The summed E-state index contributed by atoms with van der Waals surface area (Å²) in [7, 11) is -10.1. The first-order valence-electron chi connectivity index (χ1n) is 3.03. The first kappa shape index (κ1) is 13.2. The molecule has 8 nitrogen and oxygen atoms in total. The number of hydrogen-bond donors (Lipinski definition) is 6. The van der Waals surface area contributed by atoms with E-state index in [1.807, 2.05) is 0 Å². The van der Waals surface area contributed by atoms with Crippen molar-refractivity contribution in [1.82, 2.24) is 5.32 Å². The molecule has 10 heteroatoms. The second-order valence-electron chi connectivity index (χ2n) is 2.44. The van der Waals surface area contributed by atoms with Gasteiger partial charge in [-0.3, -0.25) is 14.4 Å². The fourth-order valence-electron chi connectivity index (χ4n) is 0.525. The van der Waals surface area contributed by atoms with Crippen LogP contribution in [0.1, 0.15) is 6.92 Å². The van der Waals surface area contributed by atoms with Crippen LogP contribution < -0.4 is 5.32 Å². The van der Waals surface area contributed by atoms with Gasteiger partial charge in [-0.2, -0.15) is 0 Å². The molecule has 0 saturated carbocycles. The van der Waals surface area contributed by atoms with Crippen LogP contribution in [-0.4, -0.2) is 36.4 Å². The molecule has 0 aliphatic heterocycles. The molecule has 13 heavy (non-hydrogen) atoms. The maximum Gasteiger partial charge on any atom is 0.357 e. The minimum absolute atomic E-state index is 0.644. The molecule has 0 aromatic rings. The van der Waals surface area contributed by atoms with Gasteiger partial charge in [0.2, 0.25) is 5.02 Å². The average molecular weight is 235 g/mol. The molecule has 0 aliphatic rings. The molecule has 0 spiro atoms. The monoisotopic (exact) mass is 235 g/mol. The summed E-state index contributed by atoms with van der Waals surface area (Å²) in [6.07, 6.45) is 0. The molecule has 0 aromatic heterocycles. The zero-order valence-electron chi connectivity index (χ0n) is 6.65. The number of hydrogen-bond acceptors (Lipinski definition) is 4. The summed E-state index contributed by atoms with van der Waals surface area (Å²) in [4.78, 5) is 34.6. The van der Waals surface area contributed by atoms with Crippen LogP contribution in [0.2, 0.25) is 0 Å². The Morgan fingerprint density at radius 3 is 1.54 bits per heavy atom. The Hall–Kier alpha value is 0.220. The van der Waals surface area contributed by atoms with Gasteiger partial charge < -0.3 is 24.7 Å². The molecule has 80 valence electrons. The third kappa shape index (κ3) is 2.59. The molecular weight excluding hydrogens is 224 g/mol. The van der Waals surface area contributed by atoms with E-state index in [-0.39, 0.29) is 0 Å². The number of aliphatic hydroxyl groups excluding tert-OH is 1. The molecule has 0 bridgehead atoms. The van der Waals surface area contributed by atoms with Crippen molar-refractivity contribution in [3.8, 4) is 0 Å². The molecule has 0 atom stereocenters. The predicted octanol–water partition coefficient (Wildman–Crippen LogP) is -1.45. The van der Waals surface area contributed by atoms with Crippen LogP contribution in [-0.2, 0) is 9.13 Å². The van der Waals surface area contributed by atoms with Crippen molar-refractivity contribution in [2.45, 2.75) is 11.9 Å². The van der Waals surface area contributed by atoms with Crippen molar-refractivity contribution in [3.63, 3.8) is 0 Å². The fourth-order valence-corrected chi connectivity index (χ4v) is 2.44. The van der Waals surface area contributed by atoms with E-state index < -0.39 is 26.9 Å². The first-order chi connectivity index (χ1) is 5.56. The van der Waals surface area contributed by atoms with E-state index in [0.29, 0.717) is 6.92 Å². The number of aliphatic hydroxyl groups is 1. The average Bonchev–Trinajstić information content (AvgIpc) is 1.82. The van der Waals surface area contributed by atoms with Gasteiger partial charge in [-0.15, -0.1) is 0 Å². The lowest BCUT2D eigenvalue weighted by Crippen LogP contribution is -2.42. The van der Waals surface area contributed by atoms with E-state index in [1.54, 1.807) is 5.32 Å². The summed E-state index contributed by atoms with van der Waals surface area (Å²) in [5.74, 6) is 0. The van der Waals surface area contributed by atoms with Crippen molar-refractivity contribution in [2.24, 2.45) is 0 Å². The van der Waals surface area contributed by atoms with Crippen LogP contribution in [0.5, 0.6) is 0 Å². The Bertz CT molecular complexity index is 243. The minimum atomic E-state index is -5.06. The molecule has 0 aliphatic carbocycles. The molecule has 0 aromatic carbocycles. The van der Waals surface area contributed by atoms with Crippen LogP contribution >= 0.6 is 15.2 Å². The van der Waals surface area contributed by atoms with Crippen LogP contribution in [0, 0.1) is 0 Å². The highest BCUT2D eigenvalue weighted by Gasteiger charge is 2.56. The maximum atomic E-state index is 10.7. The first-order valence-corrected chi connectivity index (χ1v) is 6.26. The van der Waals surface area contributed by atoms with Gasteiger partial charge in [0.15, 0.2) is 0 Å². The summed E-state index contributed by atoms with van der Waals surface area (Å²) in [6.45, 7) is -0.308. The summed E-state index contributed by atoms with van der Waals surface area (Å²) in [6, 6.07) is 0. The lowest BCUT2D eigenvalue weighted by Gasteiger charge is -2.30. The van der Waals surface area contributed by atoms with Crippen LogP contribution in [0.15, 0.2) is 0 Å². The van der Waals surface area contributed by atoms with Crippen molar-refractivity contribution in [3.05, 3.63) is 0 Å². The molecule has 0 saturated heterocycles. The van der Waals surface area contributed by atoms with Crippen LogP contribution in [0.25, 0.3) is 0 Å². The van der Waals surface area contributed by atoms with Crippen molar-refractivity contribution in [2.75, 3.05) is 6.73 Å². The fraction of sp³-hybridized carbons (Fsp3) is 1.00. The van der Waals surface area contributed by atoms with E-state index in [0.717, 1.165) is 0 Å². The Balaban J connectivity index is 5.22. The summed E-state index contributed by atoms with van der Waals surface area (Å²) >= 11 is 0. The number of rotatable bonds is 4. The summed E-state index contributed by atoms with van der Waals surface area (Å²) in [5.41, 5.74) is 0. The zero-order valence-corrected chi connectivity index (χ0v) is 8.44. The Morgan fingerprint density at radius 2 is 1.46 bits per heavy atom. The Morgan fingerprint density at radius 1 is 1.15 bits per heavy atom. The van der Waals surface area contributed by atoms with E-state index in [2.05, 4.69) is 0 Å². The van der Waals surface area contributed by atoms with Gasteiger partial charge in [0, 0.05) is 0 Å². The van der Waals surface area contributed by atoms with E-state index in [1.165, 1.54) is 0 Å². The molecule has 6 N–H and O–H groups in total. The van der Waals surface area contributed by atoms with Crippen molar-refractivity contribution < 1.29 is 33.8 Å². The highest BCUT2D eigenvalue weighted by molar-refractivity contribution is 7.72. The quantitative estimate of drug-likeness (QED) is 0.256. The second kappa shape index (κ2) is 3.76. The molecule has 0 heterocycles. The number of nitrogens with one attached hydrogen (secondary N) is 1. The highest BCUT2D eigenvalue weighted by atomic mass is 31.2. The Labute approximate surface area is 73.9 Å². The van der Waals surface area contributed by atoms with E-state index in [4.69, 9.17) is 24.7 Å². The second-order valence-corrected chi connectivity index (χ2v) is 6.76. The van der Waals surface area contributed by atoms with Gasteiger partial charge in [-0.25, -0.2) is 0 Å². The smallest absolute Gasteiger partial charge is 0.357 e. The van der Waals surface area contributed by atoms with Gasteiger partial charge in [-0.05, 0) is 6.92 Å². The minimum Gasteiger partial charge on any atom is -0.381 e. The summed E-state index contributed by atoms with van der Waals surface area (Å²) < 4.78 is 21.4. The lowest BCUT2D eigenvalue weighted by atomic mass is 10.7. The van der Waals surface area contributed by atoms with Gasteiger partial charge in [0.25, 0.3) is 0 Å². The van der Waals surface area contributed by atoms with Gasteiger partial charge in [-0.1, -0.05) is 0 Å². The topological polar surface area (TPSA) is 147 Å². The SMILES string of the molecule is CC(NCO)(P(=O)(O)O)P(=O)(O)O. The summed E-state index contributed by atoms with van der Waals surface area (Å²) in [5, 5.41) is 7.26. The third-order valence-corrected chi connectivity index (χ3v) is 5.70. The van der Waals surface area contributed by atoms with E-state index in [9.17, 15) is 9.13 Å². The Kier molecular flexibility index (Phi) is 3.83. The standard InChI is InChI=1S/C3H11NO7P2/c1-3(4-2-5,12(6,7)8)13(9,10)11/h4-5H,2H2,1H3,(H2,6,7,8)(H2,9,10,11). The molecule has 0 unspecified atom stereocenters. The van der Waals surface area contributed by atoms with E-state index >= 15 is 0 Å². The highest BCUT2D eigenvalue weighted by Crippen LogP contribution is 2.66. The third-order valence-electron chi connectivity index (χ3n) is 1.55. The maximum absolute atomic E-state index is 10.7. The van der Waals surface area contributed by atoms with Crippen molar-refractivity contribution in [1.29, 1.82) is 0 Å². The van der Waals surface area contributed by atoms with Crippen LogP contribution in [0.4, 0.5) is 0 Å². The predicted molar refractivity (Wildman–Crippen MR) is 42.7 cm³/mol. The zero-order chi connectivity index (χ0) is 10.9. The molecule has 0 radical (unpaired) electrons. The molecule has 0 rings (SSSR count). The van der Waals surface area contributed by atoms with Gasteiger partial charge >= 0.3 is 15.2 Å². The largest absolute Gasteiger partial charge is 0.381 e. The van der Waals surface area contributed by atoms with Gasteiger partial charge in [0.05, 0.1) is 6.73 Å². The van der Waals surface area contributed by atoms with Crippen molar-refractivity contribution >= 4 is 15.2 Å². The normalized spacial score (nSPS) is 14.6. The molecule has 0 amide bonds. The molecular formula is C3H11NO7P2.